The normalized spacial score (nSPS) is 16.5. The standard InChI is InChI=1S/C32H39NO2/c1-5-27(30(24-15-9-6-10-16-24)25-17-11-7-12-18-25)32(35,33-21-13-8-14-22-33)26-19-20-28(29(34)23-26)31(2,3)4/h6-7,9-12,15-20,23,34-35H,5,8,13-14,21-22H2,1-4H3. The van der Waals surface area contributed by atoms with Crippen molar-refractivity contribution in [3.63, 3.8) is 0 Å². The van der Waals surface area contributed by atoms with Crippen molar-refractivity contribution in [2.45, 2.75) is 64.5 Å². The first kappa shape index (κ1) is 25.2. The molecular formula is C32H39NO2. The van der Waals surface area contributed by atoms with Gasteiger partial charge in [0.2, 0.25) is 0 Å². The number of hydrogen-bond acceptors (Lipinski definition) is 3. The molecule has 1 atom stereocenters. The molecule has 0 aromatic heterocycles. The van der Waals surface area contributed by atoms with Gasteiger partial charge in [-0.1, -0.05) is 107 Å². The molecule has 3 aromatic carbocycles. The predicted molar refractivity (Wildman–Crippen MR) is 145 cm³/mol. The van der Waals surface area contributed by atoms with Gasteiger partial charge < -0.3 is 10.2 Å². The molecule has 35 heavy (non-hydrogen) atoms. The van der Waals surface area contributed by atoms with E-state index in [4.69, 9.17) is 0 Å². The summed E-state index contributed by atoms with van der Waals surface area (Å²) in [4.78, 5) is 2.22. The highest BCUT2D eigenvalue weighted by Gasteiger charge is 2.42. The van der Waals surface area contributed by atoms with E-state index in [0.29, 0.717) is 6.42 Å². The van der Waals surface area contributed by atoms with Gasteiger partial charge in [-0.15, -0.1) is 0 Å². The second-order valence-electron chi connectivity index (χ2n) is 10.6. The summed E-state index contributed by atoms with van der Waals surface area (Å²) >= 11 is 0. The third-order valence-corrected chi connectivity index (χ3v) is 7.22. The van der Waals surface area contributed by atoms with Crippen LogP contribution in [-0.2, 0) is 11.1 Å². The molecule has 0 aliphatic carbocycles. The minimum Gasteiger partial charge on any atom is -0.508 e. The Bertz CT molecular complexity index is 1110. The summed E-state index contributed by atoms with van der Waals surface area (Å²) < 4.78 is 0. The maximum atomic E-state index is 12.8. The van der Waals surface area contributed by atoms with Crippen LogP contribution in [0.4, 0.5) is 0 Å². The third kappa shape index (κ3) is 5.07. The number of hydrogen-bond donors (Lipinski definition) is 2. The van der Waals surface area contributed by atoms with Gasteiger partial charge in [-0.05, 0) is 58.6 Å². The number of phenolic OH excluding ortho intramolecular Hbond substituents is 1. The Hall–Kier alpha value is -2.88. The van der Waals surface area contributed by atoms with Crippen LogP contribution in [-0.4, -0.2) is 28.2 Å². The monoisotopic (exact) mass is 469 g/mol. The average Bonchev–Trinajstić information content (AvgIpc) is 2.87. The van der Waals surface area contributed by atoms with E-state index in [1.54, 1.807) is 6.07 Å². The maximum absolute atomic E-state index is 12.8. The van der Waals surface area contributed by atoms with Crippen LogP contribution in [0, 0.1) is 0 Å². The van der Waals surface area contributed by atoms with Gasteiger partial charge in [-0.25, -0.2) is 0 Å². The quantitative estimate of drug-likeness (QED) is 0.400. The van der Waals surface area contributed by atoms with Crippen molar-refractivity contribution in [2.24, 2.45) is 0 Å². The first-order chi connectivity index (χ1) is 16.8. The van der Waals surface area contributed by atoms with Crippen molar-refractivity contribution in [3.8, 4) is 5.75 Å². The van der Waals surface area contributed by atoms with Crippen molar-refractivity contribution < 1.29 is 10.2 Å². The lowest BCUT2D eigenvalue weighted by Crippen LogP contribution is -2.50. The molecule has 1 aliphatic heterocycles. The zero-order chi connectivity index (χ0) is 25.1. The lowest BCUT2D eigenvalue weighted by molar-refractivity contribution is -0.0941. The Labute approximate surface area is 210 Å². The van der Waals surface area contributed by atoms with Gasteiger partial charge >= 0.3 is 0 Å². The fourth-order valence-electron chi connectivity index (χ4n) is 5.47. The number of nitrogens with zero attached hydrogens (tertiary/aromatic N) is 1. The Morgan fingerprint density at radius 2 is 1.34 bits per heavy atom. The lowest BCUT2D eigenvalue weighted by Gasteiger charge is -2.45. The molecule has 0 saturated carbocycles. The highest BCUT2D eigenvalue weighted by Crippen LogP contribution is 2.45. The first-order valence-electron chi connectivity index (χ1n) is 12.9. The number of rotatable bonds is 6. The second kappa shape index (κ2) is 10.4. The smallest absolute Gasteiger partial charge is 0.168 e. The highest BCUT2D eigenvalue weighted by atomic mass is 16.3. The zero-order valence-corrected chi connectivity index (χ0v) is 21.6. The minimum atomic E-state index is -1.33. The molecule has 0 radical (unpaired) electrons. The van der Waals surface area contributed by atoms with Crippen LogP contribution < -0.4 is 0 Å². The molecule has 0 amide bonds. The van der Waals surface area contributed by atoms with E-state index in [1.807, 2.05) is 24.3 Å². The SMILES string of the molecule is CCC(=C(c1ccccc1)c1ccccc1)C(O)(c1ccc(C(C)(C)C)c(O)c1)N1CCCCC1. The van der Waals surface area contributed by atoms with Gasteiger partial charge in [0.1, 0.15) is 5.75 Å². The van der Waals surface area contributed by atoms with Gasteiger partial charge in [0.15, 0.2) is 5.72 Å². The molecule has 3 heteroatoms. The Morgan fingerprint density at radius 1 is 0.800 bits per heavy atom. The summed E-state index contributed by atoms with van der Waals surface area (Å²) in [6, 6.07) is 26.5. The summed E-state index contributed by atoms with van der Waals surface area (Å²) in [7, 11) is 0. The van der Waals surface area contributed by atoms with Gasteiger partial charge in [0, 0.05) is 18.7 Å². The predicted octanol–water partition coefficient (Wildman–Crippen LogP) is 7.23. The number of piperidine rings is 1. The summed E-state index contributed by atoms with van der Waals surface area (Å²) in [6.45, 7) is 10.0. The van der Waals surface area contributed by atoms with Gasteiger partial charge in [-0.2, -0.15) is 0 Å². The molecule has 3 aromatic rings. The number of phenols is 1. The third-order valence-electron chi connectivity index (χ3n) is 7.22. The number of likely N-dealkylation sites (tertiary alicyclic amines) is 1. The summed E-state index contributed by atoms with van der Waals surface area (Å²) in [5, 5.41) is 23.9. The Morgan fingerprint density at radius 3 is 1.80 bits per heavy atom. The minimum absolute atomic E-state index is 0.186. The molecule has 1 heterocycles. The molecule has 184 valence electrons. The van der Waals surface area contributed by atoms with Crippen LogP contribution >= 0.6 is 0 Å². The molecule has 1 aliphatic rings. The van der Waals surface area contributed by atoms with Crippen molar-refractivity contribution in [1.29, 1.82) is 0 Å². The van der Waals surface area contributed by atoms with Crippen molar-refractivity contribution in [2.75, 3.05) is 13.1 Å². The average molecular weight is 470 g/mol. The lowest BCUT2D eigenvalue weighted by atomic mass is 9.80. The number of benzene rings is 3. The molecule has 1 fully saturated rings. The Balaban J connectivity index is 2.02. The van der Waals surface area contributed by atoms with Crippen LogP contribution in [0.1, 0.15) is 75.6 Å². The maximum Gasteiger partial charge on any atom is 0.168 e. The molecule has 3 nitrogen and oxygen atoms in total. The topological polar surface area (TPSA) is 43.7 Å². The van der Waals surface area contributed by atoms with E-state index in [0.717, 1.165) is 59.3 Å². The molecule has 0 spiro atoms. The van der Waals surface area contributed by atoms with Crippen LogP contribution in [0.2, 0.25) is 0 Å². The van der Waals surface area contributed by atoms with E-state index in [-0.39, 0.29) is 11.2 Å². The van der Waals surface area contributed by atoms with Crippen LogP contribution in [0.3, 0.4) is 0 Å². The largest absolute Gasteiger partial charge is 0.508 e. The summed E-state index contributed by atoms with van der Waals surface area (Å²) in [5.41, 5.74) is 4.28. The molecule has 4 rings (SSSR count). The molecule has 0 bridgehead atoms. The fraction of sp³-hybridized carbons (Fsp3) is 0.375. The van der Waals surface area contributed by atoms with Crippen LogP contribution in [0.25, 0.3) is 5.57 Å². The van der Waals surface area contributed by atoms with Crippen molar-refractivity contribution >= 4 is 5.57 Å². The zero-order valence-electron chi connectivity index (χ0n) is 21.6. The van der Waals surface area contributed by atoms with Crippen LogP contribution in [0.5, 0.6) is 5.75 Å². The number of aliphatic hydroxyl groups is 1. The second-order valence-corrected chi connectivity index (χ2v) is 10.6. The molecule has 2 N–H and O–H groups in total. The summed E-state index contributed by atoms with van der Waals surface area (Å²) in [6.07, 6.45) is 3.96. The van der Waals surface area contributed by atoms with Crippen molar-refractivity contribution in [3.05, 3.63) is 107 Å². The van der Waals surface area contributed by atoms with Gasteiger partial charge in [-0.3, -0.25) is 4.90 Å². The molecule has 1 saturated heterocycles. The van der Waals surface area contributed by atoms with Gasteiger partial charge in [0.05, 0.1) is 0 Å². The molecular weight excluding hydrogens is 430 g/mol. The van der Waals surface area contributed by atoms with Gasteiger partial charge in [0.25, 0.3) is 0 Å². The van der Waals surface area contributed by atoms with Crippen molar-refractivity contribution in [1.82, 2.24) is 4.90 Å². The highest BCUT2D eigenvalue weighted by molar-refractivity contribution is 5.83. The van der Waals surface area contributed by atoms with E-state index < -0.39 is 5.72 Å². The molecule has 1 unspecified atom stereocenters. The summed E-state index contributed by atoms with van der Waals surface area (Å²) in [5.74, 6) is 0.238. The van der Waals surface area contributed by atoms with E-state index in [2.05, 4.69) is 81.1 Å². The fourth-order valence-corrected chi connectivity index (χ4v) is 5.47. The Kier molecular flexibility index (Phi) is 7.49. The van der Waals surface area contributed by atoms with E-state index in [1.165, 1.54) is 6.42 Å². The van der Waals surface area contributed by atoms with E-state index in [9.17, 15) is 10.2 Å². The van der Waals surface area contributed by atoms with Crippen LogP contribution in [0.15, 0.2) is 84.4 Å². The first-order valence-corrected chi connectivity index (χ1v) is 12.9. The van der Waals surface area contributed by atoms with E-state index >= 15 is 0 Å². The number of aromatic hydroxyl groups is 1.